The molecule has 0 fully saturated rings. The fraction of sp³-hybridized carbons (Fsp3) is 0.385. The first-order valence-corrected chi connectivity index (χ1v) is 7.57. The largest absolute Gasteiger partial charge is 0.333 e. The van der Waals surface area contributed by atoms with Gasteiger partial charge in [-0.1, -0.05) is 0 Å². The lowest BCUT2D eigenvalue weighted by atomic mass is 10.1. The molecule has 0 aliphatic heterocycles. The molecule has 0 saturated heterocycles. The SMILES string of the molecule is Cc1cc(Br)c(NC(=N)NC(=O)NC(C)(C)C)c(Br)c1. The highest BCUT2D eigenvalue weighted by Crippen LogP contribution is 2.32. The van der Waals surface area contributed by atoms with Gasteiger partial charge in [-0.25, -0.2) is 4.79 Å². The van der Waals surface area contributed by atoms with E-state index >= 15 is 0 Å². The van der Waals surface area contributed by atoms with Crippen molar-refractivity contribution >= 4 is 49.5 Å². The molecule has 0 atom stereocenters. The molecule has 1 rings (SSSR count). The fourth-order valence-electron chi connectivity index (χ4n) is 1.46. The van der Waals surface area contributed by atoms with Crippen LogP contribution in [0, 0.1) is 12.3 Å². The molecule has 1 aromatic rings. The first kappa shape index (κ1) is 17.0. The third-order valence-corrected chi connectivity index (χ3v) is 3.41. The van der Waals surface area contributed by atoms with Crippen molar-refractivity contribution < 1.29 is 4.79 Å². The van der Waals surface area contributed by atoms with Crippen molar-refractivity contribution in [3.63, 3.8) is 0 Å². The molecule has 0 saturated carbocycles. The van der Waals surface area contributed by atoms with Crippen molar-refractivity contribution in [1.29, 1.82) is 5.41 Å². The Hall–Kier alpha value is -1.08. The Morgan fingerprint density at radius 2 is 1.70 bits per heavy atom. The lowest BCUT2D eigenvalue weighted by Crippen LogP contribution is -2.49. The number of benzene rings is 1. The summed E-state index contributed by atoms with van der Waals surface area (Å²) >= 11 is 6.85. The number of rotatable bonds is 1. The average molecular weight is 406 g/mol. The van der Waals surface area contributed by atoms with Gasteiger partial charge in [-0.05, 0) is 77.3 Å². The van der Waals surface area contributed by atoms with Gasteiger partial charge in [-0.3, -0.25) is 10.7 Å². The fourth-order valence-corrected chi connectivity index (χ4v) is 3.07. The monoisotopic (exact) mass is 404 g/mol. The first-order chi connectivity index (χ1) is 9.08. The van der Waals surface area contributed by atoms with E-state index in [9.17, 15) is 4.79 Å². The van der Waals surface area contributed by atoms with Crippen LogP contribution in [0.2, 0.25) is 0 Å². The van der Waals surface area contributed by atoms with Gasteiger partial charge >= 0.3 is 6.03 Å². The standard InChI is InChI=1S/C13H18Br2N4O/c1-7-5-8(14)10(9(15)6-7)17-11(16)18-12(20)19-13(2,3)4/h5-6H,1-4H3,(H4,16,17,18,19,20). The van der Waals surface area contributed by atoms with Gasteiger partial charge in [0.25, 0.3) is 0 Å². The number of hydrogen-bond acceptors (Lipinski definition) is 2. The van der Waals surface area contributed by atoms with Gasteiger partial charge in [0.1, 0.15) is 0 Å². The van der Waals surface area contributed by atoms with Crippen LogP contribution in [-0.4, -0.2) is 17.5 Å². The van der Waals surface area contributed by atoms with Crippen molar-refractivity contribution in [2.45, 2.75) is 33.2 Å². The molecular formula is C13H18Br2N4O. The normalized spacial score (nSPS) is 10.9. The highest BCUT2D eigenvalue weighted by Gasteiger charge is 2.15. The van der Waals surface area contributed by atoms with Gasteiger partial charge in [-0.15, -0.1) is 0 Å². The van der Waals surface area contributed by atoms with Crippen molar-refractivity contribution in [3.05, 3.63) is 26.6 Å². The van der Waals surface area contributed by atoms with E-state index in [1.54, 1.807) is 0 Å². The number of urea groups is 1. The van der Waals surface area contributed by atoms with Gasteiger partial charge in [0.15, 0.2) is 0 Å². The summed E-state index contributed by atoms with van der Waals surface area (Å²) in [6.45, 7) is 7.59. The van der Waals surface area contributed by atoms with Gasteiger partial charge < -0.3 is 10.6 Å². The number of carbonyl (C=O) groups is 1. The molecule has 1 aromatic carbocycles. The van der Waals surface area contributed by atoms with E-state index in [0.717, 1.165) is 14.5 Å². The summed E-state index contributed by atoms with van der Waals surface area (Å²) in [7, 11) is 0. The quantitative estimate of drug-likeness (QED) is 0.421. The van der Waals surface area contributed by atoms with Crippen LogP contribution in [0.3, 0.4) is 0 Å². The molecule has 0 aliphatic carbocycles. The lowest BCUT2D eigenvalue weighted by molar-refractivity contribution is 0.236. The molecule has 20 heavy (non-hydrogen) atoms. The van der Waals surface area contributed by atoms with Gasteiger partial charge in [-0.2, -0.15) is 0 Å². The number of hydrogen-bond donors (Lipinski definition) is 4. The van der Waals surface area contributed by atoms with E-state index in [-0.39, 0.29) is 11.5 Å². The van der Waals surface area contributed by atoms with E-state index < -0.39 is 6.03 Å². The van der Waals surface area contributed by atoms with E-state index in [4.69, 9.17) is 5.41 Å². The van der Waals surface area contributed by atoms with Crippen molar-refractivity contribution in [3.8, 4) is 0 Å². The topological polar surface area (TPSA) is 77.0 Å². The maximum absolute atomic E-state index is 11.7. The summed E-state index contributed by atoms with van der Waals surface area (Å²) in [4.78, 5) is 11.7. The zero-order chi connectivity index (χ0) is 15.5. The van der Waals surface area contributed by atoms with Crippen LogP contribution >= 0.6 is 31.9 Å². The second-order valence-corrected chi connectivity index (χ2v) is 7.14. The van der Waals surface area contributed by atoms with E-state index in [2.05, 4.69) is 47.8 Å². The molecule has 0 radical (unpaired) electrons. The molecule has 2 amide bonds. The summed E-state index contributed by atoms with van der Waals surface area (Å²) < 4.78 is 1.62. The van der Waals surface area contributed by atoms with E-state index in [0.29, 0.717) is 5.69 Å². The van der Waals surface area contributed by atoms with Crippen LogP contribution in [0.5, 0.6) is 0 Å². The molecule has 7 heteroatoms. The van der Waals surface area contributed by atoms with Crippen LogP contribution in [0.4, 0.5) is 10.5 Å². The third kappa shape index (κ3) is 5.50. The Morgan fingerprint density at radius 3 is 2.15 bits per heavy atom. The van der Waals surface area contributed by atoms with Crippen molar-refractivity contribution in [1.82, 2.24) is 10.6 Å². The minimum absolute atomic E-state index is 0.1000. The van der Waals surface area contributed by atoms with Crippen LogP contribution in [0.15, 0.2) is 21.1 Å². The maximum atomic E-state index is 11.7. The van der Waals surface area contributed by atoms with Gasteiger partial charge in [0.2, 0.25) is 5.96 Å². The van der Waals surface area contributed by atoms with E-state index in [1.807, 2.05) is 39.8 Å². The second kappa shape index (κ2) is 6.58. The summed E-state index contributed by atoms with van der Waals surface area (Å²) in [6.07, 6.45) is 0. The predicted molar refractivity (Wildman–Crippen MR) is 89.3 cm³/mol. The first-order valence-electron chi connectivity index (χ1n) is 5.99. The summed E-state index contributed by atoms with van der Waals surface area (Å²) in [6, 6.07) is 3.43. The average Bonchev–Trinajstić information content (AvgIpc) is 2.20. The lowest BCUT2D eigenvalue weighted by Gasteiger charge is -2.21. The smallest absolute Gasteiger partial charge is 0.321 e. The minimum atomic E-state index is -0.422. The molecular weight excluding hydrogens is 388 g/mol. The molecule has 0 spiro atoms. The Balaban J connectivity index is 2.70. The number of nitrogens with one attached hydrogen (secondary N) is 4. The molecule has 0 aromatic heterocycles. The Morgan fingerprint density at radius 1 is 1.20 bits per heavy atom. The zero-order valence-electron chi connectivity index (χ0n) is 11.8. The molecule has 0 unspecified atom stereocenters. The molecule has 0 heterocycles. The van der Waals surface area contributed by atoms with Crippen molar-refractivity contribution in [2.24, 2.45) is 0 Å². The molecule has 0 bridgehead atoms. The second-order valence-electron chi connectivity index (χ2n) is 5.43. The van der Waals surface area contributed by atoms with Crippen LogP contribution in [-0.2, 0) is 0 Å². The number of anilines is 1. The summed E-state index contributed by atoms with van der Waals surface area (Å²) in [5, 5.41) is 15.8. The number of halogens is 2. The zero-order valence-corrected chi connectivity index (χ0v) is 15.0. The highest BCUT2D eigenvalue weighted by molar-refractivity contribution is 9.11. The summed E-state index contributed by atoms with van der Waals surface area (Å²) in [5.41, 5.74) is 1.42. The summed E-state index contributed by atoms with van der Waals surface area (Å²) in [5.74, 6) is -0.1000. The maximum Gasteiger partial charge on any atom is 0.321 e. The third-order valence-electron chi connectivity index (χ3n) is 2.16. The van der Waals surface area contributed by atoms with Crippen molar-refractivity contribution in [2.75, 3.05) is 5.32 Å². The molecule has 5 nitrogen and oxygen atoms in total. The highest BCUT2D eigenvalue weighted by atomic mass is 79.9. The molecule has 110 valence electrons. The number of guanidine groups is 1. The number of carbonyl (C=O) groups excluding carboxylic acids is 1. The van der Waals surface area contributed by atoms with E-state index in [1.165, 1.54) is 0 Å². The Bertz CT molecular complexity index is 515. The van der Waals surface area contributed by atoms with Crippen LogP contribution < -0.4 is 16.0 Å². The number of amides is 2. The van der Waals surface area contributed by atoms with Crippen LogP contribution in [0.25, 0.3) is 0 Å². The number of aryl methyl sites for hydroxylation is 1. The van der Waals surface area contributed by atoms with Crippen LogP contribution in [0.1, 0.15) is 26.3 Å². The van der Waals surface area contributed by atoms with Gasteiger partial charge in [0.05, 0.1) is 5.69 Å². The van der Waals surface area contributed by atoms with Gasteiger partial charge in [0, 0.05) is 14.5 Å². The Kier molecular flexibility index (Phi) is 5.59. The molecule has 4 N–H and O–H groups in total. The minimum Gasteiger partial charge on any atom is -0.333 e. The molecule has 0 aliphatic rings. The Labute approximate surface area is 135 Å². The predicted octanol–water partition coefficient (Wildman–Crippen LogP) is 3.96.